The number of nitrogens with one attached hydrogen (secondary N) is 1. The van der Waals surface area contributed by atoms with Crippen LogP contribution in [0.4, 0.5) is 0 Å². The number of phosphoric acid groups is 1. The molecular weight excluding hydrogens is 1100 g/mol. The number of rotatable bonds is 70. The largest absolute Gasteiger partial charge is 0.472 e. The summed E-state index contributed by atoms with van der Waals surface area (Å²) >= 11 is 0. The molecule has 9 heteroatoms. The average Bonchev–Trinajstić information content (AvgIpc) is 3.64. The molecule has 0 heterocycles. The van der Waals surface area contributed by atoms with Crippen LogP contribution in [0.5, 0.6) is 0 Å². The molecule has 0 aromatic rings. The molecule has 3 N–H and O–H groups in total. The fourth-order valence-electron chi connectivity index (χ4n) is 11.2. The molecule has 0 radical (unpaired) electrons. The Labute approximate surface area is 547 Å². The molecule has 0 spiro atoms. The predicted octanol–water partition coefficient (Wildman–Crippen LogP) is 24.7. The van der Waals surface area contributed by atoms with Crippen molar-refractivity contribution in [3.8, 4) is 0 Å². The van der Waals surface area contributed by atoms with Crippen LogP contribution in [-0.2, 0) is 18.4 Å². The highest BCUT2D eigenvalue weighted by Crippen LogP contribution is 2.43. The van der Waals surface area contributed by atoms with Gasteiger partial charge in [0.25, 0.3) is 0 Å². The quantitative estimate of drug-likeness (QED) is 0.0243. The maximum Gasteiger partial charge on any atom is 0.472 e. The van der Waals surface area contributed by atoms with Gasteiger partial charge in [0.1, 0.15) is 13.2 Å². The standard InChI is InChI=1S/C79H147N2O6P/c1-6-8-10-12-14-16-18-20-22-24-26-28-30-32-34-36-38-39-40-41-43-45-47-49-51-53-55-57-59-61-63-65-67-69-71-73-79(83)80-77(76-87-88(84,85)86-75-74-81(3,4)5)78(82)72-70-68-66-64-62-60-58-56-54-52-50-48-46-44-42-37-35-33-31-29-27-25-23-21-19-17-15-13-11-9-7-2/h8,10,14,16,20,22,26,28,54,56,62,64,70,72,77-78,82H,6-7,9,11-13,15,17-19,21,23-25,27,29-53,55,57-61,63,65-69,71,73-76H2,1-5H3,(H-,80,83,84,85)/p+1/b10-8-,16-14-,22-20-,28-26-,56-54+,64-62+,72-70+. The summed E-state index contributed by atoms with van der Waals surface area (Å²) < 4.78 is 23.8. The van der Waals surface area contributed by atoms with Crippen LogP contribution in [-0.4, -0.2) is 73.4 Å². The van der Waals surface area contributed by atoms with Crippen molar-refractivity contribution in [3.05, 3.63) is 85.1 Å². The molecule has 0 saturated heterocycles. The van der Waals surface area contributed by atoms with Crippen LogP contribution < -0.4 is 5.32 Å². The summed E-state index contributed by atoms with van der Waals surface area (Å²) in [5.74, 6) is -0.186. The lowest BCUT2D eigenvalue weighted by Crippen LogP contribution is -2.45. The number of amides is 1. The number of likely N-dealkylation sites (N-methyl/N-ethyl adjacent to an activating group) is 1. The van der Waals surface area contributed by atoms with Gasteiger partial charge in [0, 0.05) is 6.42 Å². The van der Waals surface area contributed by atoms with Gasteiger partial charge >= 0.3 is 7.82 Å². The normalized spacial score (nSPS) is 14.0. The van der Waals surface area contributed by atoms with Crippen LogP contribution in [0.15, 0.2) is 85.1 Å². The number of hydrogen-bond donors (Lipinski definition) is 3. The van der Waals surface area contributed by atoms with Gasteiger partial charge in [0.15, 0.2) is 0 Å². The highest BCUT2D eigenvalue weighted by atomic mass is 31.2. The van der Waals surface area contributed by atoms with Gasteiger partial charge in [-0.1, -0.05) is 356 Å². The Balaban J connectivity index is 4.05. The predicted molar refractivity (Wildman–Crippen MR) is 387 cm³/mol. The smallest absolute Gasteiger partial charge is 0.387 e. The number of aliphatic hydroxyl groups excluding tert-OH is 1. The molecular formula is C79H148N2O6P+. The Hall–Kier alpha value is -2.32. The lowest BCUT2D eigenvalue weighted by molar-refractivity contribution is -0.870. The zero-order valence-electron chi connectivity index (χ0n) is 59.0. The van der Waals surface area contributed by atoms with Crippen LogP contribution in [0, 0.1) is 0 Å². The molecule has 0 aromatic heterocycles. The third kappa shape index (κ3) is 71.1. The Morgan fingerprint density at radius 3 is 1.05 bits per heavy atom. The third-order valence-electron chi connectivity index (χ3n) is 17.1. The summed E-state index contributed by atoms with van der Waals surface area (Å²) in [5.41, 5.74) is 0. The average molecular weight is 1250 g/mol. The van der Waals surface area contributed by atoms with Crippen molar-refractivity contribution in [2.45, 2.75) is 373 Å². The molecule has 0 aliphatic carbocycles. The minimum atomic E-state index is -4.37. The Morgan fingerprint density at radius 2 is 0.693 bits per heavy atom. The summed E-state index contributed by atoms with van der Waals surface area (Å²) in [4.78, 5) is 23.5. The van der Waals surface area contributed by atoms with Gasteiger partial charge in [-0.05, 0) is 83.5 Å². The topological polar surface area (TPSA) is 105 Å². The van der Waals surface area contributed by atoms with Crippen LogP contribution in [0.25, 0.3) is 0 Å². The molecule has 0 aliphatic rings. The Morgan fingerprint density at radius 1 is 0.398 bits per heavy atom. The number of nitrogens with zero attached hydrogens (tertiary/aromatic N) is 1. The molecule has 8 nitrogen and oxygen atoms in total. The first-order valence-electron chi connectivity index (χ1n) is 38.0. The third-order valence-corrected chi connectivity index (χ3v) is 18.1. The first-order chi connectivity index (χ1) is 43.0. The van der Waals surface area contributed by atoms with E-state index >= 15 is 0 Å². The number of allylic oxidation sites excluding steroid dienone is 13. The molecule has 1 amide bonds. The molecule has 0 rings (SSSR count). The summed E-state index contributed by atoms with van der Waals surface area (Å²) in [6.07, 6.45) is 99.1. The molecule has 0 fully saturated rings. The lowest BCUT2D eigenvalue weighted by atomic mass is 10.0. The highest BCUT2D eigenvalue weighted by molar-refractivity contribution is 7.47. The molecule has 514 valence electrons. The van der Waals surface area contributed by atoms with E-state index in [0.717, 1.165) is 70.6 Å². The van der Waals surface area contributed by atoms with E-state index < -0.39 is 20.0 Å². The van der Waals surface area contributed by atoms with Crippen molar-refractivity contribution >= 4 is 13.7 Å². The number of carbonyl (C=O) groups is 1. The van der Waals surface area contributed by atoms with E-state index in [9.17, 15) is 19.4 Å². The molecule has 0 aromatic carbocycles. The van der Waals surface area contributed by atoms with Crippen LogP contribution in [0.1, 0.15) is 361 Å². The van der Waals surface area contributed by atoms with E-state index in [0.29, 0.717) is 17.4 Å². The monoisotopic (exact) mass is 1250 g/mol. The van der Waals surface area contributed by atoms with E-state index in [4.69, 9.17) is 9.05 Å². The van der Waals surface area contributed by atoms with E-state index in [1.54, 1.807) is 6.08 Å². The Bertz CT molecular complexity index is 1710. The molecule has 0 saturated carbocycles. The molecule has 0 bridgehead atoms. The fraction of sp³-hybridized carbons (Fsp3) is 0.810. The molecule has 3 atom stereocenters. The maximum absolute atomic E-state index is 13.1. The highest BCUT2D eigenvalue weighted by Gasteiger charge is 2.28. The van der Waals surface area contributed by atoms with E-state index in [1.807, 2.05) is 27.2 Å². The SMILES string of the molecule is CC/C=C\C/C=C\C/C=C\C/C=C\CCCCCCCCCCCCCCCCCCCCCCCCC(=O)NC(COP(=O)(O)OCC[N+](C)(C)C)C(O)/C=C/CC/C=C/CC/C=C/CCCCCCCCCCCCCCCCCCCCCCC. The second kappa shape index (κ2) is 69.0. The summed E-state index contributed by atoms with van der Waals surface area (Å²) in [6.45, 7) is 4.72. The van der Waals surface area contributed by atoms with Crippen LogP contribution in [0.3, 0.4) is 0 Å². The minimum absolute atomic E-state index is 0.0527. The van der Waals surface area contributed by atoms with E-state index in [-0.39, 0.29) is 19.1 Å². The Kier molecular flexibility index (Phi) is 67.2. The first kappa shape index (κ1) is 85.7. The van der Waals surface area contributed by atoms with Crippen LogP contribution in [0.2, 0.25) is 0 Å². The summed E-state index contributed by atoms with van der Waals surface area (Å²) in [7, 11) is 1.56. The van der Waals surface area contributed by atoms with Gasteiger partial charge in [-0.2, -0.15) is 0 Å². The van der Waals surface area contributed by atoms with Gasteiger partial charge in [-0.15, -0.1) is 0 Å². The van der Waals surface area contributed by atoms with Crippen LogP contribution >= 0.6 is 7.82 Å². The maximum atomic E-state index is 13.1. The molecule has 3 unspecified atom stereocenters. The van der Waals surface area contributed by atoms with Crippen molar-refractivity contribution in [1.82, 2.24) is 5.32 Å². The molecule has 0 aliphatic heterocycles. The lowest BCUT2D eigenvalue weighted by Gasteiger charge is -2.25. The van der Waals surface area contributed by atoms with Gasteiger partial charge in [0.05, 0.1) is 39.9 Å². The number of carbonyl (C=O) groups excluding carboxylic acids is 1. The van der Waals surface area contributed by atoms with Gasteiger partial charge in [-0.3, -0.25) is 13.8 Å². The van der Waals surface area contributed by atoms with Gasteiger partial charge in [-0.25, -0.2) is 4.57 Å². The number of phosphoric ester groups is 1. The van der Waals surface area contributed by atoms with E-state index in [2.05, 4.69) is 92.1 Å². The number of hydrogen-bond acceptors (Lipinski definition) is 5. The van der Waals surface area contributed by atoms with Crippen molar-refractivity contribution in [2.75, 3.05) is 40.9 Å². The first-order valence-corrected chi connectivity index (χ1v) is 39.5. The van der Waals surface area contributed by atoms with Crippen molar-refractivity contribution in [3.63, 3.8) is 0 Å². The number of quaternary nitrogens is 1. The summed E-state index contributed by atoms with van der Waals surface area (Å²) in [6, 6.07) is -0.874. The van der Waals surface area contributed by atoms with Gasteiger partial charge < -0.3 is 19.8 Å². The number of aliphatic hydroxyl groups is 1. The van der Waals surface area contributed by atoms with Gasteiger partial charge in [0.2, 0.25) is 5.91 Å². The number of unbranched alkanes of at least 4 members (excludes halogenated alkanes) is 45. The van der Waals surface area contributed by atoms with Crippen molar-refractivity contribution < 1.29 is 32.9 Å². The molecule has 88 heavy (non-hydrogen) atoms. The minimum Gasteiger partial charge on any atom is -0.387 e. The second-order valence-electron chi connectivity index (χ2n) is 27.0. The van der Waals surface area contributed by atoms with Crippen molar-refractivity contribution in [2.24, 2.45) is 0 Å². The zero-order valence-corrected chi connectivity index (χ0v) is 59.9. The fourth-order valence-corrected chi connectivity index (χ4v) is 12.0. The summed E-state index contributed by atoms with van der Waals surface area (Å²) in [5, 5.41) is 14.0. The van der Waals surface area contributed by atoms with Crippen molar-refractivity contribution in [1.29, 1.82) is 0 Å². The van der Waals surface area contributed by atoms with E-state index in [1.165, 1.54) is 270 Å². The second-order valence-corrected chi connectivity index (χ2v) is 28.4. The zero-order chi connectivity index (χ0) is 64.1.